The van der Waals surface area contributed by atoms with Gasteiger partial charge < -0.3 is 27.9 Å². The van der Waals surface area contributed by atoms with Crippen molar-refractivity contribution in [3.63, 3.8) is 0 Å². The normalized spacial score (nSPS) is 14.4. The van der Waals surface area contributed by atoms with Gasteiger partial charge in [-0.2, -0.15) is 0 Å². The molecule has 0 aliphatic heterocycles. The van der Waals surface area contributed by atoms with Gasteiger partial charge in [-0.05, 0) is 38.5 Å². The smallest absolute Gasteiger partial charge is 0.306 e. The molecule has 2 atom stereocenters. The average molecular weight is 606 g/mol. The maximum absolute atomic E-state index is 12.5. The van der Waals surface area contributed by atoms with E-state index in [2.05, 4.69) is 26.0 Å². The van der Waals surface area contributed by atoms with Gasteiger partial charge in [0.25, 0.3) is 7.82 Å². The molecule has 244 valence electrons. The van der Waals surface area contributed by atoms with Crippen molar-refractivity contribution < 1.29 is 37.3 Å². The first-order valence-corrected chi connectivity index (χ1v) is 17.9. The van der Waals surface area contributed by atoms with Gasteiger partial charge in [0.1, 0.15) is 19.3 Å². The van der Waals surface area contributed by atoms with Crippen LogP contribution in [0.25, 0.3) is 0 Å². The molecule has 0 bridgehead atoms. The number of unbranched alkanes of at least 4 members (excludes halogenated alkanes) is 14. The van der Waals surface area contributed by atoms with Crippen LogP contribution in [0.15, 0.2) is 12.2 Å². The van der Waals surface area contributed by atoms with Crippen LogP contribution in [-0.4, -0.2) is 70.7 Å². The molecule has 8 nitrogen and oxygen atoms in total. The zero-order valence-electron chi connectivity index (χ0n) is 27.2. The Morgan fingerprint density at radius 2 is 1.27 bits per heavy atom. The molecular formula is C32H64NO7P. The number of quaternary nitrogens is 1. The topological polar surface area (TPSA) is 94.1 Å². The molecule has 0 saturated heterocycles. The molecule has 41 heavy (non-hydrogen) atoms. The summed E-state index contributed by atoms with van der Waals surface area (Å²) in [4.78, 5) is 24.7. The molecule has 0 aromatic carbocycles. The number of carbonyl (C=O) groups excluding carboxylic acids is 1. The van der Waals surface area contributed by atoms with Gasteiger partial charge >= 0.3 is 5.97 Å². The van der Waals surface area contributed by atoms with Crippen LogP contribution in [0.5, 0.6) is 0 Å². The third kappa shape index (κ3) is 30.5. The Kier molecular flexibility index (Phi) is 26.3. The Morgan fingerprint density at radius 3 is 1.90 bits per heavy atom. The first-order chi connectivity index (χ1) is 19.6. The number of esters is 1. The summed E-state index contributed by atoms with van der Waals surface area (Å²) in [5, 5.41) is 0. The Labute approximate surface area is 252 Å². The van der Waals surface area contributed by atoms with E-state index in [4.69, 9.17) is 18.5 Å². The lowest BCUT2D eigenvalue weighted by molar-refractivity contribution is -0.870. The summed E-state index contributed by atoms with van der Waals surface area (Å²) < 4.78 is 34.1. The van der Waals surface area contributed by atoms with E-state index in [9.17, 15) is 14.3 Å². The van der Waals surface area contributed by atoms with Crippen LogP contribution >= 0.6 is 7.82 Å². The molecule has 0 radical (unpaired) electrons. The number of rotatable bonds is 30. The minimum Gasteiger partial charge on any atom is -0.756 e. The summed E-state index contributed by atoms with van der Waals surface area (Å²) >= 11 is 0. The molecule has 0 aromatic heterocycles. The summed E-state index contributed by atoms with van der Waals surface area (Å²) in [6, 6.07) is 0. The summed E-state index contributed by atoms with van der Waals surface area (Å²) in [6.45, 7) is 5.32. The maximum Gasteiger partial charge on any atom is 0.306 e. The van der Waals surface area contributed by atoms with E-state index >= 15 is 0 Å². The first kappa shape index (κ1) is 40.2. The lowest BCUT2D eigenvalue weighted by Gasteiger charge is -2.28. The monoisotopic (exact) mass is 605 g/mol. The Balaban J connectivity index is 4.36. The number of likely N-dealkylation sites (N-methyl/N-ethyl adjacent to an activating group) is 1. The van der Waals surface area contributed by atoms with Gasteiger partial charge in [0, 0.05) is 13.0 Å². The van der Waals surface area contributed by atoms with E-state index in [0.29, 0.717) is 24.1 Å². The highest BCUT2D eigenvalue weighted by atomic mass is 31.2. The standard InChI is InChI=1S/C32H64NO7P/c1-6-8-10-12-14-15-16-17-18-19-21-23-25-32(34)40-31(29-37-27-24-22-20-13-11-9-7-2)30-39-41(35,36)38-28-26-33(3,4)5/h14-15,31H,6-13,16-30H2,1-5H3/b15-14-. The van der Waals surface area contributed by atoms with Gasteiger partial charge in [-0.15, -0.1) is 0 Å². The minimum absolute atomic E-state index is 0.0265. The quantitative estimate of drug-likeness (QED) is 0.0272. The van der Waals surface area contributed by atoms with Gasteiger partial charge in [0.2, 0.25) is 0 Å². The van der Waals surface area contributed by atoms with Gasteiger partial charge in [0.15, 0.2) is 0 Å². The molecule has 0 amide bonds. The molecule has 0 aliphatic carbocycles. The number of hydrogen-bond acceptors (Lipinski definition) is 7. The van der Waals surface area contributed by atoms with Crippen LogP contribution in [0.1, 0.15) is 129 Å². The van der Waals surface area contributed by atoms with E-state index in [1.807, 2.05) is 21.1 Å². The fourth-order valence-electron chi connectivity index (χ4n) is 4.18. The minimum atomic E-state index is -4.50. The van der Waals surface area contributed by atoms with Crippen molar-refractivity contribution in [2.24, 2.45) is 0 Å². The number of nitrogens with zero attached hydrogens (tertiary/aromatic N) is 1. The lowest BCUT2D eigenvalue weighted by atomic mass is 10.1. The molecule has 0 aromatic rings. The van der Waals surface area contributed by atoms with Crippen molar-refractivity contribution >= 4 is 13.8 Å². The maximum atomic E-state index is 12.5. The zero-order chi connectivity index (χ0) is 30.7. The fourth-order valence-corrected chi connectivity index (χ4v) is 4.91. The second-order valence-electron chi connectivity index (χ2n) is 12.2. The Hall–Kier alpha value is -0.760. The number of carbonyl (C=O) groups is 1. The number of allylic oxidation sites excluding steroid dienone is 2. The predicted molar refractivity (Wildman–Crippen MR) is 167 cm³/mol. The van der Waals surface area contributed by atoms with Gasteiger partial charge in [0.05, 0.1) is 34.4 Å². The highest BCUT2D eigenvalue weighted by Crippen LogP contribution is 2.38. The Morgan fingerprint density at radius 1 is 0.732 bits per heavy atom. The van der Waals surface area contributed by atoms with Crippen molar-refractivity contribution in [1.29, 1.82) is 0 Å². The molecule has 0 N–H and O–H groups in total. The highest BCUT2D eigenvalue weighted by molar-refractivity contribution is 7.45. The molecule has 0 aliphatic rings. The van der Waals surface area contributed by atoms with Crippen molar-refractivity contribution in [2.75, 3.05) is 54.1 Å². The summed E-state index contributed by atoms with van der Waals surface area (Å²) in [7, 11) is 1.35. The second-order valence-corrected chi connectivity index (χ2v) is 13.6. The third-order valence-electron chi connectivity index (χ3n) is 6.82. The van der Waals surface area contributed by atoms with Crippen LogP contribution in [0.2, 0.25) is 0 Å². The van der Waals surface area contributed by atoms with Crippen LogP contribution in [0.4, 0.5) is 0 Å². The molecule has 0 fully saturated rings. The lowest BCUT2D eigenvalue weighted by Crippen LogP contribution is -2.37. The summed E-state index contributed by atoms with van der Waals surface area (Å²) in [5.41, 5.74) is 0. The van der Waals surface area contributed by atoms with Crippen LogP contribution < -0.4 is 4.89 Å². The van der Waals surface area contributed by atoms with Crippen molar-refractivity contribution in [3.8, 4) is 0 Å². The largest absolute Gasteiger partial charge is 0.756 e. The van der Waals surface area contributed by atoms with Crippen LogP contribution in [0, 0.1) is 0 Å². The highest BCUT2D eigenvalue weighted by Gasteiger charge is 2.20. The third-order valence-corrected chi connectivity index (χ3v) is 7.78. The second kappa shape index (κ2) is 26.8. The van der Waals surface area contributed by atoms with Gasteiger partial charge in [-0.3, -0.25) is 9.36 Å². The molecule has 2 unspecified atom stereocenters. The van der Waals surface area contributed by atoms with E-state index in [1.54, 1.807) is 0 Å². The van der Waals surface area contributed by atoms with E-state index in [1.165, 1.54) is 64.2 Å². The molecule has 9 heteroatoms. The first-order valence-electron chi connectivity index (χ1n) is 16.4. The van der Waals surface area contributed by atoms with E-state index in [-0.39, 0.29) is 25.8 Å². The molecular weight excluding hydrogens is 541 g/mol. The fraction of sp³-hybridized carbons (Fsp3) is 0.906. The molecule has 0 saturated carbocycles. The molecule has 0 heterocycles. The van der Waals surface area contributed by atoms with E-state index in [0.717, 1.165) is 44.9 Å². The van der Waals surface area contributed by atoms with Crippen molar-refractivity contribution in [2.45, 2.75) is 136 Å². The summed E-state index contributed by atoms with van der Waals surface area (Å²) in [6.07, 6.45) is 23.6. The van der Waals surface area contributed by atoms with Crippen LogP contribution in [-0.2, 0) is 27.9 Å². The molecule has 0 rings (SSSR count). The van der Waals surface area contributed by atoms with Crippen LogP contribution in [0.3, 0.4) is 0 Å². The molecule has 0 spiro atoms. The SMILES string of the molecule is CCCCC/C=C\CCCCCCCC(=O)OC(COCCCCCCCCC)COP(=O)([O-])OCC[N+](C)(C)C. The van der Waals surface area contributed by atoms with Gasteiger partial charge in [-0.25, -0.2) is 0 Å². The van der Waals surface area contributed by atoms with E-state index < -0.39 is 13.9 Å². The number of ether oxygens (including phenoxy) is 2. The predicted octanol–water partition coefficient (Wildman–Crippen LogP) is 7.74. The Bertz CT molecular complexity index is 681. The summed E-state index contributed by atoms with van der Waals surface area (Å²) in [5.74, 6) is -0.347. The van der Waals surface area contributed by atoms with Gasteiger partial charge in [-0.1, -0.05) is 96.6 Å². The van der Waals surface area contributed by atoms with Crippen molar-refractivity contribution in [3.05, 3.63) is 12.2 Å². The number of phosphoric acid groups is 1. The number of phosphoric ester groups is 1. The zero-order valence-corrected chi connectivity index (χ0v) is 28.1. The van der Waals surface area contributed by atoms with Crippen molar-refractivity contribution in [1.82, 2.24) is 0 Å². The number of hydrogen-bond donors (Lipinski definition) is 0. The average Bonchev–Trinajstić information content (AvgIpc) is 2.90.